The molecule has 3 aromatic rings. The summed E-state index contributed by atoms with van der Waals surface area (Å²) in [7, 11) is 0. The van der Waals surface area contributed by atoms with Crippen LogP contribution in [0.15, 0.2) is 36.4 Å². The number of hydrogen-bond acceptors (Lipinski definition) is 4. The fourth-order valence-electron chi connectivity index (χ4n) is 2.84. The minimum atomic E-state index is 0.238. The lowest BCUT2D eigenvalue weighted by atomic mass is 10.2. The number of thiocarbonyl (C=S) groups is 1. The molecular formula is C18H22N6S. The minimum Gasteiger partial charge on any atom is -0.376 e. The van der Waals surface area contributed by atoms with Crippen molar-refractivity contribution in [1.29, 1.82) is 0 Å². The fourth-order valence-corrected chi connectivity index (χ4v) is 2.95. The molecule has 1 heterocycles. The summed E-state index contributed by atoms with van der Waals surface area (Å²) < 4.78 is 0. The predicted molar refractivity (Wildman–Crippen MR) is 108 cm³/mol. The molecule has 130 valence electrons. The van der Waals surface area contributed by atoms with Gasteiger partial charge >= 0.3 is 0 Å². The predicted octanol–water partition coefficient (Wildman–Crippen LogP) is 3.23. The molecule has 0 spiro atoms. The fraction of sp³-hybridized carbons (Fsp3) is 0.278. The molecule has 3 N–H and O–H groups in total. The molecule has 0 saturated carbocycles. The topological polar surface area (TPSA) is 72.0 Å². The first-order chi connectivity index (χ1) is 12.0. The number of hydrogen-bond donors (Lipinski definition) is 2. The van der Waals surface area contributed by atoms with Gasteiger partial charge in [-0.25, -0.2) is 0 Å². The standard InChI is InChI=1S/C18H22N6S/c1-4-23(5-2)13-6-8-14(9-7-13)24-21-16-10-12(3)15(20-18(19)25)11-17(16)22-24/h6-11H,4-5H2,1-3H3,(H3,19,20,25). The van der Waals surface area contributed by atoms with Crippen LogP contribution in [0.4, 0.5) is 11.4 Å². The SMILES string of the molecule is CCN(CC)c1ccc(-n2nc3cc(C)c(NC(N)=S)cc3n2)cc1. The average Bonchev–Trinajstić information content (AvgIpc) is 2.99. The van der Waals surface area contributed by atoms with Crippen LogP contribution in [0, 0.1) is 6.92 Å². The van der Waals surface area contributed by atoms with Crippen LogP contribution in [-0.4, -0.2) is 33.2 Å². The van der Waals surface area contributed by atoms with Crippen molar-refractivity contribution in [3.63, 3.8) is 0 Å². The number of fused-ring (bicyclic) bond motifs is 1. The highest BCUT2D eigenvalue weighted by Gasteiger charge is 2.09. The van der Waals surface area contributed by atoms with Gasteiger partial charge in [0.05, 0.1) is 5.69 Å². The summed E-state index contributed by atoms with van der Waals surface area (Å²) in [4.78, 5) is 3.95. The van der Waals surface area contributed by atoms with Crippen LogP contribution >= 0.6 is 12.2 Å². The molecule has 0 unspecified atom stereocenters. The largest absolute Gasteiger partial charge is 0.376 e. The molecular weight excluding hydrogens is 332 g/mol. The van der Waals surface area contributed by atoms with Crippen LogP contribution in [-0.2, 0) is 0 Å². The zero-order valence-corrected chi connectivity index (χ0v) is 15.5. The van der Waals surface area contributed by atoms with Gasteiger partial charge in [0.1, 0.15) is 11.0 Å². The van der Waals surface area contributed by atoms with Gasteiger partial charge in [-0.2, -0.15) is 4.80 Å². The van der Waals surface area contributed by atoms with Crippen molar-refractivity contribution in [2.75, 3.05) is 23.3 Å². The van der Waals surface area contributed by atoms with E-state index in [1.807, 2.05) is 31.2 Å². The lowest BCUT2D eigenvalue weighted by Crippen LogP contribution is -2.21. The van der Waals surface area contributed by atoms with Crippen molar-refractivity contribution >= 4 is 39.7 Å². The number of anilines is 2. The second-order valence-corrected chi connectivity index (χ2v) is 6.26. The highest BCUT2D eigenvalue weighted by Crippen LogP contribution is 2.23. The normalized spacial score (nSPS) is 10.8. The molecule has 1 aromatic heterocycles. The maximum atomic E-state index is 5.57. The second kappa shape index (κ2) is 7.06. The monoisotopic (exact) mass is 354 g/mol. The van der Waals surface area contributed by atoms with Crippen LogP contribution in [0.25, 0.3) is 16.7 Å². The van der Waals surface area contributed by atoms with E-state index in [0.717, 1.165) is 41.1 Å². The number of aromatic nitrogens is 3. The number of aryl methyl sites for hydroxylation is 1. The van der Waals surface area contributed by atoms with E-state index in [1.165, 1.54) is 5.69 Å². The Morgan fingerprint density at radius 3 is 2.28 bits per heavy atom. The first-order valence-corrected chi connectivity index (χ1v) is 8.72. The zero-order valence-electron chi connectivity index (χ0n) is 14.7. The third kappa shape index (κ3) is 3.56. The van der Waals surface area contributed by atoms with Gasteiger partial charge in [-0.3, -0.25) is 0 Å². The summed E-state index contributed by atoms with van der Waals surface area (Å²) in [5.41, 5.74) is 11.2. The van der Waals surface area contributed by atoms with Gasteiger partial charge in [0.15, 0.2) is 5.11 Å². The molecule has 2 aromatic carbocycles. The van der Waals surface area contributed by atoms with Crippen molar-refractivity contribution in [1.82, 2.24) is 15.0 Å². The molecule has 6 nitrogen and oxygen atoms in total. The number of rotatable bonds is 5. The van der Waals surface area contributed by atoms with Crippen molar-refractivity contribution in [3.05, 3.63) is 42.0 Å². The quantitative estimate of drug-likeness (QED) is 0.686. The van der Waals surface area contributed by atoms with Gasteiger partial charge in [0.25, 0.3) is 0 Å². The van der Waals surface area contributed by atoms with E-state index in [-0.39, 0.29) is 5.11 Å². The van der Waals surface area contributed by atoms with Crippen LogP contribution in [0.5, 0.6) is 0 Å². The molecule has 0 amide bonds. The van der Waals surface area contributed by atoms with Gasteiger partial charge in [-0.1, -0.05) is 0 Å². The molecule has 0 atom stereocenters. The summed E-state index contributed by atoms with van der Waals surface area (Å²) in [5, 5.41) is 12.4. The molecule has 0 radical (unpaired) electrons. The van der Waals surface area contributed by atoms with Gasteiger partial charge in [0, 0.05) is 24.5 Å². The average molecular weight is 354 g/mol. The third-order valence-corrected chi connectivity index (χ3v) is 4.30. The summed E-state index contributed by atoms with van der Waals surface area (Å²) in [6, 6.07) is 12.2. The maximum Gasteiger partial charge on any atom is 0.168 e. The van der Waals surface area contributed by atoms with Crippen LogP contribution in [0.1, 0.15) is 19.4 Å². The van der Waals surface area contributed by atoms with Gasteiger partial charge < -0.3 is 16.0 Å². The Morgan fingerprint density at radius 1 is 1.12 bits per heavy atom. The van der Waals surface area contributed by atoms with Gasteiger partial charge in [0.2, 0.25) is 0 Å². The Labute approximate surface area is 152 Å². The Hall–Kier alpha value is -2.67. The number of nitrogens with zero attached hydrogens (tertiary/aromatic N) is 4. The Kier molecular flexibility index (Phi) is 4.85. The molecule has 0 fully saturated rings. The van der Waals surface area contributed by atoms with Crippen LogP contribution in [0.3, 0.4) is 0 Å². The molecule has 0 aliphatic carbocycles. The van der Waals surface area contributed by atoms with Crippen LogP contribution < -0.4 is 16.0 Å². The molecule has 7 heteroatoms. The Morgan fingerprint density at radius 2 is 1.72 bits per heavy atom. The lowest BCUT2D eigenvalue weighted by molar-refractivity contribution is 0.765. The van der Waals surface area contributed by atoms with Crippen molar-refractivity contribution in [2.45, 2.75) is 20.8 Å². The first kappa shape index (κ1) is 17.2. The van der Waals surface area contributed by atoms with Crippen molar-refractivity contribution in [2.24, 2.45) is 5.73 Å². The first-order valence-electron chi connectivity index (χ1n) is 8.31. The van der Waals surface area contributed by atoms with E-state index < -0.39 is 0 Å². The number of nitrogens with one attached hydrogen (secondary N) is 1. The Balaban J connectivity index is 1.95. The smallest absolute Gasteiger partial charge is 0.168 e. The van der Waals surface area contributed by atoms with Crippen molar-refractivity contribution < 1.29 is 0 Å². The summed E-state index contributed by atoms with van der Waals surface area (Å²) >= 11 is 4.92. The second-order valence-electron chi connectivity index (χ2n) is 5.82. The number of benzene rings is 2. The highest BCUT2D eigenvalue weighted by molar-refractivity contribution is 7.80. The van der Waals surface area contributed by atoms with E-state index in [1.54, 1.807) is 4.80 Å². The third-order valence-electron chi connectivity index (χ3n) is 4.19. The van der Waals surface area contributed by atoms with E-state index >= 15 is 0 Å². The summed E-state index contributed by atoms with van der Waals surface area (Å²) in [6.07, 6.45) is 0. The number of nitrogens with two attached hydrogens (primary N) is 1. The van der Waals surface area contributed by atoms with Gasteiger partial charge in [-0.05, 0) is 75.0 Å². The zero-order chi connectivity index (χ0) is 18.0. The molecule has 0 aliphatic rings. The maximum absolute atomic E-state index is 5.57. The molecule has 0 bridgehead atoms. The van der Waals surface area contributed by atoms with E-state index in [4.69, 9.17) is 18.0 Å². The summed E-state index contributed by atoms with van der Waals surface area (Å²) in [6.45, 7) is 8.26. The molecule has 25 heavy (non-hydrogen) atoms. The van der Waals surface area contributed by atoms with E-state index in [2.05, 4.69) is 46.4 Å². The van der Waals surface area contributed by atoms with Crippen LogP contribution in [0.2, 0.25) is 0 Å². The van der Waals surface area contributed by atoms with E-state index in [0.29, 0.717) is 0 Å². The minimum absolute atomic E-state index is 0.238. The van der Waals surface area contributed by atoms with Crippen molar-refractivity contribution in [3.8, 4) is 5.69 Å². The van der Waals surface area contributed by atoms with Gasteiger partial charge in [-0.15, -0.1) is 10.2 Å². The highest BCUT2D eigenvalue weighted by atomic mass is 32.1. The molecule has 0 aliphatic heterocycles. The lowest BCUT2D eigenvalue weighted by Gasteiger charge is -2.20. The Bertz CT molecular complexity index is 896. The molecule has 0 saturated heterocycles. The summed E-state index contributed by atoms with van der Waals surface area (Å²) in [5.74, 6) is 0. The molecule has 3 rings (SSSR count). The van der Waals surface area contributed by atoms with E-state index in [9.17, 15) is 0 Å².